The monoisotopic (exact) mass is 321 g/mol. The van der Waals surface area contributed by atoms with Crippen molar-refractivity contribution < 1.29 is 0 Å². The summed E-state index contributed by atoms with van der Waals surface area (Å²) in [6.45, 7) is 9.42. The van der Waals surface area contributed by atoms with Crippen LogP contribution >= 0.6 is 11.8 Å². The van der Waals surface area contributed by atoms with Gasteiger partial charge in [0.1, 0.15) is 0 Å². The number of thioether (sulfide) groups is 1. The van der Waals surface area contributed by atoms with Crippen LogP contribution in [0.4, 0.5) is 0 Å². The molecule has 0 unspecified atom stereocenters. The van der Waals surface area contributed by atoms with Crippen molar-refractivity contribution in [3.8, 4) is 0 Å². The summed E-state index contributed by atoms with van der Waals surface area (Å²) in [6, 6.07) is 9.66. The van der Waals surface area contributed by atoms with Gasteiger partial charge in [-0.15, -0.1) is 0 Å². The van der Waals surface area contributed by atoms with Gasteiger partial charge < -0.3 is 4.90 Å². The smallest absolute Gasteiger partial charge is 0.0313 e. The predicted octanol–water partition coefficient (Wildman–Crippen LogP) is 2.79. The van der Waals surface area contributed by atoms with Crippen LogP contribution in [-0.4, -0.2) is 73.5 Å². The molecule has 1 atom stereocenters. The molecular weight excluding hydrogens is 290 g/mol. The Morgan fingerprint density at radius 2 is 1.64 bits per heavy atom. The maximum atomic E-state index is 2.59. The SMILES string of the molecule is CSCCN1CCN(Cc2ccc([C@H](C)N(C)C)cc2)CC1. The molecule has 1 aliphatic rings. The summed E-state index contributed by atoms with van der Waals surface area (Å²) >= 11 is 1.95. The zero-order valence-electron chi connectivity index (χ0n) is 14.6. The molecule has 1 aliphatic heterocycles. The van der Waals surface area contributed by atoms with Gasteiger partial charge in [-0.2, -0.15) is 11.8 Å². The van der Waals surface area contributed by atoms with Crippen LogP contribution in [0.1, 0.15) is 24.1 Å². The molecule has 1 aromatic carbocycles. The van der Waals surface area contributed by atoms with Crippen molar-refractivity contribution in [1.29, 1.82) is 0 Å². The fourth-order valence-electron chi connectivity index (χ4n) is 2.85. The van der Waals surface area contributed by atoms with Gasteiger partial charge in [-0.1, -0.05) is 24.3 Å². The lowest BCUT2D eigenvalue weighted by Crippen LogP contribution is -2.46. The van der Waals surface area contributed by atoms with Gasteiger partial charge in [-0.05, 0) is 38.4 Å². The lowest BCUT2D eigenvalue weighted by Gasteiger charge is -2.34. The fourth-order valence-corrected chi connectivity index (χ4v) is 3.29. The van der Waals surface area contributed by atoms with E-state index in [4.69, 9.17) is 0 Å². The fraction of sp³-hybridized carbons (Fsp3) is 0.667. The Bertz CT molecular complexity index is 424. The molecule has 0 saturated carbocycles. The summed E-state index contributed by atoms with van der Waals surface area (Å²) in [5.41, 5.74) is 2.84. The van der Waals surface area contributed by atoms with Gasteiger partial charge in [0.2, 0.25) is 0 Å². The van der Waals surface area contributed by atoms with E-state index in [-0.39, 0.29) is 0 Å². The molecule has 3 nitrogen and oxygen atoms in total. The van der Waals surface area contributed by atoms with Crippen molar-refractivity contribution in [2.75, 3.05) is 58.8 Å². The Balaban J connectivity index is 1.80. The highest BCUT2D eigenvalue weighted by molar-refractivity contribution is 7.98. The third kappa shape index (κ3) is 5.27. The third-order valence-electron chi connectivity index (χ3n) is 4.72. The summed E-state index contributed by atoms with van der Waals surface area (Å²) in [5.74, 6) is 1.26. The second kappa shape index (κ2) is 8.92. The number of hydrogen-bond donors (Lipinski definition) is 0. The first-order valence-electron chi connectivity index (χ1n) is 8.29. The predicted molar refractivity (Wildman–Crippen MR) is 98.6 cm³/mol. The Morgan fingerprint density at radius 1 is 1.05 bits per heavy atom. The molecule has 0 bridgehead atoms. The molecule has 0 N–H and O–H groups in total. The molecule has 0 aromatic heterocycles. The lowest BCUT2D eigenvalue weighted by molar-refractivity contribution is 0.133. The highest BCUT2D eigenvalue weighted by Crippen LogP contribution is 2.18. The van der Waals surface area contributed by atoms with Crippen LogP contribution in [0.5, 0.6) is 0 Å². The molecule has 0 radical (unpaired) electrons. The van der Waals surface area contributed by atoms with E-state index in [9.17, 15) is 0 Å². The van der Waals surface area contributed by atoms with E-state index >= 15 is 0 Å². The van der Waals surface area contributed by atoms with Crippen LogP contribution in [0.25, 0.3) is 0 Å². The number of piperazine rings is 1. The van der Waals surface area contributed by atoms with Gasteiger partial charge in [-0.3, -0.25) is 9.80 Å². The molecule has 1 heterocycles. The molecule has 0 spiro atoms. The molecular formula is C18H31N3S. The second-order valence-electron chi connectivity index (χ2n) is 6.49. The van der Waals surface area contributed by atoms with Gasteiger partial charge in [0.15, 0.2) is 0 Å². The number of benzene rings is 1. The van der Waals surface area contributed by atoms with Crippen LogP contribution < -0.4 is 0 Å². The van der Waals surface area contributed by atoms with E-state index in [1.54, 1.807) is 0 Å². The molecule has 22 heavy (non-hydrogen) atoms. The maximum absolute atomic E-state index is 2.59. The molecule has 2 rings (SSSR count). The van der Waals surface area contributed by atoms with E-state index in [0.717, 1.165) is 6.54 Å². The van der Waals surface area contributed by atoms with E-state index in [2.05, 4.69) is 66.2 Å². The topological polar surface area (TPSA) is 9.72 Å². The first kappa shape index (κ1) is 17.8. The molecule has 1 aromatic rings. The number of nitrogens with zero attached hydrogens (tertiary/aromatic N) is 3. The van der Waals surface area contributed by atoms with Crippen LogP contribution in [0.3, 0.4) is 0 Å². The normalized spacial score (nSPS) is 18.8. The quantitative estimate of drug-likeness (QED) is 0.763. The highest BCUT2D eigenvalue weighted by Gasteiger charge is 2.16. The molecule has 4 heteroatoms. The van der Waals surface area contributed by atoms with Crippen molar-refractivity contribution in [3.63, 3.8) is 0 Å². The van der Waals surface area contributed by atoms with Crippen molar-refractivity contribution in [1.82, 2.24) is 14.7 Å². The van der Waals surface area contributed by atoms with Gasteiger partial charge >= 0.3 is 0 Å². The Labute approximate surface area is 140 Å². The molecule has 0 aliphatic carbocycles. The number of rotatable bonds is 7. The first-order valence-corrected chi connectivity index (χ1v) is 9.68. The maximum Gasteiger partial charge on any atom is 0.0313 e. The lowest BCUT2D eigenvalue weighted by atomic mass is 10.1. The van der Waals surface area contributed by atoms with E-state index in [1.807, 2.05) is 11.8 Å². The minimum absolute atomic E-state index is 0.481. The average Bonchev–Trinajstić information content (AvgIpc) is 2.54. The van der Waals surface area contributed by atoms with Gasteiger partial charge in [0.25, 0.3) is 0 Å². The zero-order valence-corrected chi connectivity index (χ0v) is 15.4. The van der Waals surface area contributed by atoms with Crippen LogP contribution in [0.15, 0.2) is 24.3 Å². The highest BCUT2D eigenvalue weighted by atomic mass is 32.2. The van der Waals surface area contributed by atoms with Gasteiger partial charge in [-0.25, -0.2) is 0 Å². The Morgan fingerprint density at radius 3 is 2.18 bits per heavy atom. The first-order chi connectivity index (χ1) is 10.6. The largest absolute Gasteiger partial charge is 0.303 e. The van der Waals surface area contributed by atoms with Crippen LogP contribution in [0.2, 0.25) is 0 Å². The molecule has 1 fully saturated rings. The van der Waals surface area contributed by atoms with Crippen LogP contribution in [0, 0.1) is 0 Å². The molecule has 0 amide bonds. The second-order valence-corrected chi connectivity index (χ2v) is 7.48. The summed E-state index contributed by atoms with van der Waals surface area (Å²) < 4.78 is 0. The minimum atomic E-state index is 0.481. The van der Waals surface area contributed by atoms with Crippen molar-refractivity contribution >= 4 is 11.8 Å². The average molecular weight is 322 g/mol. The van der Waals surface area contributed by atoms with Crippen molar-refractivity contribution in [2.24, 2.45) is 0 Å². The standard InChI is InChI=1S/C18H31N3S/c1-16(19(2)3)18-7-5-17(6-8-18)15-21-11-9-20(10-12-21)13-14-22-4/h5-8,16H,9-15H2,1-4H3/t16-/m0/s1. The molecule has 1 saturated heterocycles. The number of hydrogen-bond acceptors (Lipinski definition) is 4. The zero-order chi connectivity index (χ0) is 15.9. The van der Waals surface area contributed by atoms with Gasteiger partial charge in [0.05, 0.1) is 0 Å². The van der Waals surface area contributed by atoms with E-state index < -0.39 is 0 Å². The van der Waals surface area contributed by atoms with E-state index in [0.29, 0.717) is 6.04 Å². The summed E-state index contributed by atoms with van der Waals surface area (Å²) in [4.78, 5) is 7.43. The summed E-state index contributed by atoms with van der Waals surface area (Å²) in [6.07, 6.45) is 2.19. The Hall–Kier alpha value is -0.550. The summed E-state index contributed by atoms with van der Waals surface area (Å²) in [7, 11) is 4.27. The third-order valence-corrected chi connectivity index (χ3v) is 5.31. The van der Waals surface area contributed by atoms with Crippen LogP contribution in [-0.2, 0) is 6.54 Å². The molecule has 124 valence electrons. The Kier molecular flexibility index (Phi) is 7.22. The van der Waals surface area contributed by atoms with E-state index in [1.165, 1.54) is 49.6 Å². The van der Waals surface area contributed by atoms with Crippen molar-refractivity contribution in [2.45, 2.75) is 19.5 Å². The summed E-state index contributed by atoms with van der Waals surface area (Å²) in [5, 5.41) is 0. The minimum Gasteiger partial charge on any atom is -0.303 e. The van der Waals surface area contributed by atoms with Crippen molar-refractivity contribution in [3.05, 3.63) is 35.4 Å². The van der Waals surface area contributed by atoms with Gasteiger partial charge in [0, 0.05) is 51.1 Å².